The normalized spacial score (nSPS) is 12.0. The third kappa shape index (κ3) is 3.84. The number of carbonyl (C=O) groups is 2. The van der Waals surface area contributed by atoms with Crippen LogP contribution in [0, 0.1) is 0 Å². The van der Waals surface area contributed by atoms with Gasteiger partial charge in [0.1, 0.15) is 0 Å². The van der Waals surface area contributed by atoms with Gasteiger partial charge in [-0.25, -0.2) is 4.98 Å². The van der Waals surface area contributed by atoms with Gasteiger partial charge in [0.15, 0.2) is 23.1 Å². The van der Waals surface area contributed by atoms with Crippen LogP contribution in [0.15, 0.2) is 47.6 Å². The van der Waals surface area contributed by atoms with E-state index in [9.17, 15) is 9.59 Å². The Labute approximate surface area is 164 Å². The van der Waals surface area contributed by atoms with Gasteiger partial charge in [0.25, 0.3) is 0 Å². The molecular formula is C19H16N4O4S. The second-order valence-corrected chi connectivity index (χ2v) is 6.92. The Hall–Kier alpha value is -3.33. The van der Waals surface area contributed by atoms with E-state index in [1.807, 2.05) is 30.3 Å². The van der Waals surface area contributed by atoms with Crippen molar-refractivity contribution in [1.82, 2.24) is 15.2 Å². The highest BCUT2D eigenvalue weighted by atomic mass is 32.2. The summed E-state index contributed by atoms with van der Waals surface area (Å²) in [6.07, 6.45) is 0. The fourth-order valence-electron chi connectivity index (χ4n) is 2.69. The molecule has 0 bridgehead atoms. The second kappa shape index (κ2) is 7.73. The van der Waals surface area contributed by atoms with Crippen LogP contribution in [0.2, 0.25) is 0 Å². The number of nitrogens with zero attached hydrogens (tertiary/aromatic N) is 2. The number of anilines is 1. The van der Waals surface area contributed by atoms with E-state index in [1.54, 1.807) is 12.1 Å². The number of aromatic amines is 1. The van der Waals surface area contributed by atoms with Gasteiger partial charge in [-0.15, -0.1) is 5.10 Å². The van der Waals surface area contributed by atoms with Crippen molar-refractivity contribution in [2.24, 2.45) is 0 Å². The van der Waals surface area contributed by atoms with Crippen LogP contribution in [0.25, 0.3) is 11.4 Å². The summed E-state index contributed by atoms with van der Waals surface area (Å²) in [7, 11) is 0. The van der Waals surface area contributed by atoms with Gasteiger partial charge in [-0.3, -0.25) is 14.7 Å². The third-order valence-electron chi connectivity index (χ3n) is 4.01. The van der Waals surface area contributed by atoms with Gasteiger partial charge in [0, 0.05) is 17.2 Å². The first kappa shape index (κ1) is 18.1. The number of rotatable bonds is 6. The summed E-state index contributed by atoms with van der Waals surface area (Å²) >= 11 is 1.20. The Morgan fingerprint density at radius 2 is 1.93 bits per heavy atom. The zero-order valence-corrected chi connectivity index (χ0v) is 15.7. The summed E-state index contributed by atoms with van der Waals surface area (Å²) in [5.41, 5.74) is 1.67. The Morgan fingerprint density at radius 1 is 1.18 bits per heavy atom. The predicted octanol–water partition coefficient (Wildman–Crippen LogP) is 3.13. The minimum Gasteiger partial charge on any atom is -0.454 e. The van der Waals surface area contributed by atoms with E-state index < -0.39 is 0 Å². The van der Waals surface area contributed by atoms with Crippen LogP contribution < -0.4 is 14.8 Å². The van der Waals surface area contributed by atoms with Crippen LogP contribution in [-0.4, -0.2) is 39.4 Å². The molecule has 1 aliphatic heterocycles. The van der Waals surface area contributed by atoms with Crippen LogP contribution in [0.3, 0.4) is 0 Å². The summed E-state index contributed by atoms with van der Waals surface area (Å²) in [6.45, 7) is 1.52. The molecule has 9 heteroatoms. The number of aromatic nitrogens is 3. The van der Waals surface area contributed by atoms with E-state index in [4.69, 9.17) is 9.47 Å². The van der Waals surface area contributed by atoms with E-state index in [0.717, 1.165) is 5.56 Å². The number of thioether (sulfide) groups is 1. The SMILES string of the molecule is CC(=O)c1cc2c(cc1NC(=O)CSc1n[nH]c(-c3ccccc3)n1)OCO2. The molecule has 3 aromatic rings. The Kier molecular flexibility index (Phi) is 4.98. The van der Waals surface area contributed by atoms with Crippen LogP contribution in [0.1, 0.15) is 17.3 Å². The molecule has 1 aromatic heterocycles. The van der Waals surface area contributed by atoms with E-state index in [2.05, 4.69) is 20.5 Å². The highest BCUT2D eigenvalue weighted by molar-refractivity contribution is 7.99. The molecule has 2 heterocycles. The van der Waals surface area contributed by atoms with E-state index in [-0.39, 0.29) is 24.2 Å². The fourth-order valence-corrected chi connectivity index (χ4v) is 3.29. The van der Waals surface area contributed by atoms with Gasteiger partial charge < -0.3 is 14.8 Å². The molecule has 4 rings (SSSR count). The fraction of sp³-hybridized carbons (Fsp3) is 0.158. The first-order valence-electron chi connectivity index (χ1n) is 8.45. The summed E-state index contributed by atoms with van der Waals surface area (Å²) in [5, 5.41) is 10.2. The van der Waals surface area contributed by atoms with Crippen LogP contribution in [-0.2, 0) is 4.79 Å². The molecule has 0 radical (unpaired) electrons. The molecule has 142 valence electrons. The van der Waals surface area contributed by atoms with Crippen LogP contribution in [0.5, 0.6) is 11.5 Å². The number of hydrogen-bond acceptors (Lipinski definition) is 7. The maximum absolute atomic E-state index is 12.4. The molecule has 28 heavy (non-hydrogen) atoms. The molecule has 0 spiro atoms. The topological polar surface area (TPSA) is 106 Å². The van der Waals surface area contributed by atoms with Crippen molar-refractivity contribution in [3.63, 3.8) is 0 Å². The van der Waals surface area contributed by atoms with Crippen LogP contribution in [0.4, 0.5) is 5.69 Å². The van der Waals surface area contributed by atoms with Crippen molar-refractivity contribution in [1.29, 1.82) is 0 Å². The number of ether oxygens (including phenoxy) is 2. The van der Waals surface area contributed by atoms with Crippen molar-refractivity contribution < 1.29 is 19.1 Å². The molecule has 2 N–H and O–H groups in total. The van der Waals surface area contributed by atoms with Gasteiger partial charge >= 0.3 is 0 Å². The largest absolute Gasteiger partial charge is 0.454 e. The number of amides is 1. The lowest BCUT2D eigenvalue weighted by Gasteiger charge is -2.10. The van der Waals surface area contributed by atoms with Gasteiger partial charge in [-0.2, -0.15) is 0 Å². The summed E-state index contributed by atoms with van der Waals surface area (Å²) < 4.78 is 10.6. The number of carbonyl (C=O) groups excluding carboxylic acids is 2. The quantitative estimate of drug-likeness (QED) is 0.487. The number of Topliss-reactive ketones (excluding diaryl/α,β-unsaturated/α-hetero) is 1. The van der Waals surface area contributed by atoms with Crippen molar-refractivity contribution in [3.05, 3.63) is 48.0 Å². The Morgan fingerprint density at radius 3 is 2.68 bits per heavy atom. The van der Waals surface area contributed by atoms with Crippen molar-refractivity contribution >= 4 is 29.1 Å². The lowest BCUT2D eigenvalue weighted by atomic mass is 10.1. The monoisotopic (exact) mass is 396 g/mol. The zero-order valence-electron chi connectivity index (χ0n) is 14.9. The van der Waals surface area contributed by atoms with Gasteiger partial charge in [-0.05, 0) is 13.0 Å². The standard InChI is InChI=1S/C19H16N4O4S/c1-11(24)13-7-15-16(27-10-26-15)8-14(13)20-17(25)9-28-19-21-18(22-23-19)12-5-3-2-4-6-12/h2-8H,9-10H2,1H3,(H,20,25)(H,21,22,23). The predicted molar refractivity (Wildman–Crippen MR) is 104 cm³/mol. The van der Waals surface area contributed by atoms with E-state index in [1.165, 1.54) is 18.7 Å². The minimum atomic E-state index is -0.280. The lowest BCUT2D eigenvalue weighted by molar-refractivity contribution is -0.113. The summed E-state index contributed by atoms with van der Waals surface area (Å²) in [4.78, 5) is 28.6. The second-order valence-electron chi connectivity index (χ2n) is 5.98. The van der Waals surface area contributed by atoms with Gasteiger partial charge in [0.2, 0.25) is 17.9 Å². The average molecular weight is 396 g/mol. The van der Waals surface area contributed by atoms with E-state index >= 15 is 0 Å². The van der Waals surface area contributed by atoms with E-state index in [0.29, 0.717) is 33.7 Å². The molecule has 8 nitrogen and oxygen atoms in total. The molecule has 1 amide bonds. The molecule has 0 atom stereocenters. The molecule has 0 fully saturated rings. The number of hydrogen-bond donors (Lipinski definition) is 2. The number of H-pyrrole nitrogens is 1. The zero-order chi connectivity index (χ0) is 19.5. The van der Waals surface area contributed by atoms with Crippen molar-refractivity contribution in [2.45, 2.75) is 12.1 Å². The van der Waals surface area contributed by atoms with Crippen molar-refractivity contribution in [2.75, 3.05) is 17.9 Å². The van der Waals surface area contributed by atoms with Gasteiger partial charge in [0.05, 0.1) is 11.4 Å². The number of ketones is 1. The summed E-state index contributed by atoms with van der Waals surface area (Å²) in [6, 6.07) is 12.8. The number of benzene rings is 2. The van der Waals surface area contributed by atoms with Crippen molar-refractivity contribution in [3.8, 4) is 22.9 Å². The molecule has 0 unspecified atom stereocenters. The molecular weight excluding hydrogens is 380 g/mol. The summed E-state index contributed by atoms with van der Waals surface area (Å²) in [5.74, 6) is 1.26. The minimum absolute atomic E-state index is 0.0918. The highest BCUT2D eigenvalue weighted by Gasteiger charge is 2.20. The smallest absolute Gasteiger partial charge is 0.234 e. The molecule has 0 saturated carbocycles. The Balaban J connectivity index is 1.42. The number of nitrogens with one attached hydrogen (secondary N) is 2. The average Bonchev–Trinajstić information content (AvgIpc) is 3.35. The molecule has 0 saturated heterocycles. The molecule has 1 aliphatic rings. The van der Waals surface area contributed by atoms with Gasteiger partial charge in [-0.1, -0.05) is 42.1 Å². The third-order valence-corrected chi connectivity index (χ3v) is 4.86. The number of fused-ring (bicyclic) bond motifs is 1. The lowest BCUT2D eigenvalue weighted by Crippen LogP contribution is -2.16. The highest BCUT2D eigenvalue weighted by Crippen LogP contribution is 2.37. The molecule has 2 aromatic carbocycles. The maximum atomic E-state index is 12.4. The first-order valence-corrected chi connectivity index (χ1v) is 9.44. The Bertz CT molecular complexity index is 1040. The maximum Gasteiger partial charge on any atom is 0.234 e. The first-order chi connectivity index (χ1) is 13.6. The van der Waals surface area contributed by atoms with Crippen LogP contribution >= 0.6 is 11.8 Å². The molecule has 0 aliphatic carbocycles.